The third kappa shape index (κ3) is 6.02. The van der Waals surface area contributed by atoms with Crippen molar-refractivity contribution in [2.75, 3.05) is 13.2 Å². The van der Waals surface area contributed by atoms with E-state index in [-0.39, 0.29) is 0 Å². The molecular formula is C19H26NO5P. The third-order valence-corrected chi connectivity index (χ3v) is 4.88. The molecule has 0 radical (unpaired) electrons. The SMILES string of the molecule is CCc1ccccc1-c1ccc(CCC(N)(CO)COP(=O)(O)O)cc1. The van der Waals surface area contributed by atoms with E-state index in [2.05, 4.69) is 23.6 Å². The molecule has 2 aromatic rings. The fourth-order valence-corrected chi connectivity index (χ4v) is 3.19. The van der Waals surface area contributed by atoms with Gasteiger partial charge in [-0.1, -0.05) is 55.5 Å². The van der Waals surface area contributed by atoms with Crippen LogP contribution in [0.2, 0.25) is 0 Å². The minimum Gasteiger partial charge on any atom is -0.394 e. The van der Waals surface area contributed by atoms with Crippen LogP contribution in [0, 0.1) is 0 Å². The van der Waals surface area contributed by atoms with Gasteiger partial charge in [-0.25, -0.2) is 4.57 Å². The summed E-state index contributed by atoms with van der Waals surface area (Å²) in [6.45, 7) is 1.30. The first-order chi connectivity index (χ1) is 12.3. The number of aryl methyl sites for hydroxylation is 2. The van der Waals surface area contributed by atoms with E-state index < -0.39 is 26.6 Å². The number of aliphatic hydroxyl groups excluding tert-OH is 1. The molecule has 0 amide bonds. The molecule has 1 unspecified atom stereocenters. The molecule has 0 aliphatic carbocycles. The minimum atomic E-state index is -4.61. The number of hydrogen-bond acceptors (Lipinski definition) is 4. The summed E-state index contributed by atoms with van der Waals surface area (Å²) in [7, 11) is -4.61. The van der Waals surface area contributed by atoms with Crippen LogP contribution in [0.5, 0.6) is 0 Å². The number of nitrogens with two attached hydrogens (primary N) is 1. The zero-order valence-corrected chi connectivity index (χ0v) is 15.7. The summed E-state index contributed by atoms with van der Waals surface area (Å²) in [5, 5.41) is 9.45. The van der Waals surface area contributed by atoms with Crippen LogP contribution in [0.4, 0.5) is 0 Å². The van der Waals surface area contributed by atoms with Crippen molar-refractivity contribution in [1.29, 1.82) is 0 Å². The molecule has 0 aromatic heterocycles. The second-order valence-corrected chi connectivity index (χ2v) is 7.73. The molecule has 2 rings (SSSR count). The second-order valence-electron chi connectivity index (χ2n) is 6.49. The summed E-state index contributed by atoms with van der Waals surface area (Å²) in [4.78, 5) is 17.6. The predicted molar refractivity (Wildman–Crippen MR) is 102 cm³/mol. The normalized spacial score (nSPS) is 14.2. The number of benzene rings is 2. The van der Waals surface area contributed by atoms with E-state index in [9.17, 15) is 9.67 Å². The molecule has 0 heterocycles. The Kier molecular flexibility index (Phi) is 7.12. The summed E-state index contributed by atoms with van der Waals surface area (Å²) < 4.78 is 15.3. The van der Waals surface area contributed by atoms with Crippen LogP contribution in [0.15, 0.2) is 48.5 Å². The first kappa shape index (κ1) is 20.8. The molecule has 0 saturated carbocycles. The third-order valence-electron chi connectivity index (χ3n) is 4.41. The fourth-order valence-electron chi connectivity index (χ4n) is 2.76. The van der Waals surface area contributed by atoms with E-state index >= 15 is 0 Å². The summed E-state index contributed by atoms with van der Waals surface area (Å²) in [6, 6.07) is 16.4. The maximum absolute atomic E-state index is 10.8. The number of rotatable bonds is 9. The van der Waals surface area contributed by atoms with Crippen molar-refractivity contribution in [1.82, 2.24) is 0 Å². The molecule has 7 heteroatoms. The van der Waals surface area contributed by atoms with E-state index in [1.165, 1.54) is 11.1 Å². The highest BCUT2D eigenvalue weighted by molar-refractivity contribution is 7.46. The lowest BCUT2D eigenvalue weighted by Crippen LogP contribution is -2.48. The Balaban J connectivity index is 2.03. The highest BCUT2D eigenvalue weighted by Gasteiger charge is 2.28. The molecule has 1 atom stereocenters. The van der Waals surface area contributed by atoms with Gasteiger partial charge in [-0.05, 0) is 41.5 Å². The van der Waals surface area contributed by atoms with Crippen LogP contribution in [0.1, 0.15) is 24.5 Å². The monoisotopic (exact) mass is 379 g/mol. The van der Waals surface area contributed by atoms with Gasteiger partial charge in [0.2, 0.25) is 0 Å². The van der Waals surface area contributed by atoms with E-state index in [1.807, 2.05) is 36.4 Å². The van der Waals surface area contributed by atoms with Crippen LogP contribution in [-0.4, -0.2) is 33.6 Å². The van der Waals surface area contributed by atoms with Crippen LogP contribution in [0.3, 0.4) is 0 Å². The smallest absolute Gasteiger partial charge is 0.394 e. The predicted octanol–water partition coefficient (Wildman–Crippen LogP) is 2.65. The van der Waals surface area contributed by atoms with E-state index in [0.717, 1.165) is 17.5 Å². The van der Waals surface area contributed by atoms with Gasteiger partial charge in [0.05, 0.1) is 18.8 Å². The lowest BCUT2D eigenvalue weighted by atomic mass is 9.92. The summed E-state index contributed by atoms with van der Waals surface area (Å²) in [5.74, 6) is 0. The summed E-state index contributed by atoms with van der Waals surface area (Å²) in [5.41, 5.74) is 9.46. The van der Waals surface area contributed by atoms with Gasteiger partial charge in [-0.3, -0.25) is 4.52 Å². The molecule has 0 fully saturated rings. The van der Waals surface area contributed by atoms with Crippen molar-refractivity contribution in [3.63, 3.8) is 0 Å². The van der Waals surface area contributed by atoms with Crippen LogP contribution in [-0.2, 0) is 21.9 Å². The molecular weight excluding hydrogens is 353 g/mol. The molecule has 6 nitrogen and oxygen atoms in total. The zero-order valence-electron chi connectivity index (χ0n) is 14.8. The summed E-state index contributed by atoms with van der Waals surface area (Å²) >= 11 is 0. The Morgan fingerprint density at radius 2 is 1.77 bits per heavy atom. The quantitative estimate of drug-likeness (QED) is 0.498. The van der Waals surface area contributed by atoms with Crippen molar-refractivity contribution in [2.45, 2.75) is 31.7 Å². The van der Waals surface area contributed by atoms with Crippen molar-refractivity contribution in [3.8, 4) is 11.1 Å². The van der Waals surface area contributed by atoms with Crippen LogP contribution >= 0.6 is 7.82 Å². The van der Waals surface area contributed by atoms with Crippen molar-refractivity contribution in [3.05, 3.63) is 59.7 Å². The van der Waals surface area contributed by atoms with E-state index in [0.29, 0.717) is 12.8 Å². The Morgan fingerprint density at radius 3 is 2.35 bits per heavy atom. The fraction of sp³-hybridized carbons (Fsp3) is 0.368. The van der Waals surface area contributed by atoms with Gasteiger partial charge >= 0.3 is 7.82 Å². The van der Waals surface area contributed by atoms with Crippen LogP contribution < -0.4 is 5.73 Å². The van der Waals surface area contributed by atoms with Gasteiger partial charge in [-0.2, -0.15) is 0 Å². The summed E-state index contributed by atoms with van der Waals surface area (Å²) in [6.07, 6.45) is 1.87. The van der Waals surface area contributed by atoms with Gasteiger partial charge in [0, 0.05) is 0 Å². The molecule has 0 aliphatic rings. The Hall–Kier alpha value is -1.53. The number of hydrogen-bond donors (Lipinski definition) is 4. The Labute approximate surface area is 153 Å². The lowest BCUT2D eigenvalue weighted by Gasteiger charge is -2.27. The molecule has 26 heavy (non-hydrogen) atoms. The maximum atomic E-state index is 10.8. The molecule has 0 bridgehead atoms. The van der Waals surface area contributed by atoms with Gasteiger partial charge in [-0.15, -0.1) is 0 Å². The molecule has 2 aromatic carbocycles. The maximum Gasteiger partial charge on any atom is 0.469 e. The number of phosphoric ester groups is 1. The van der Waals surface area contributed by atoms with E-state index in [4.69, 9.17) is 15.5 Å². The topological polar surface area (TPSA) is 113 Å². The molecule has 0 spiro atoms. The second kappa shape index (κ2) is 8.91. The average molecular weight is 379 g/mol. The first-order valence-electron chi connectivity index (χ1n) is 8.53. The van der Waals surface area contributed by atoms with Crippen molar-refractivity contribution < 1.29 is 24.0 Å². The first-order valence-corrected chi connectivity index (χ1v) is 10.1. The average Bonchev–Trinajstić information content (AvgIpc) is 2.64. The van der Waals surface area contributed by atoms with Gasteiger partial charge in [0.1, 0.15) is 0 Å². The molecule has 0 aliphatic heterocycles. The minimum absolute atomic E-state index is 0.342. The standard InChI is InChI=1S/C19H26NO5P/c1-2-16-5-3-4-6-18(16)17-9-7-15(8-10-17)11-12-19(20,13-21)14-25-26(22,23)24/h3-10,21H,2,11-14,20H2,1H3,(H2,22,23,24). The van der Waals surface area contributed by atoms with Crippen molar-refractivity contribution >= 4 is 7.82 Å². The Bertz CT molecular complexity index is 759. The van der Waals surface area contributed by atoms with Crippen LogP contribution in [0.25, 0.3) is 11.1 Å². The lowest BCUT2D eigenvalue weighted by molar-refractivity contribution is 0.102. The van der Waals surface area contributed by atoms with Gasteiger partial charge in [0.25, 0.3) is 0 Å². The molecule has 5 N–H and O–H groups in total. The van der Waals surface area contributed by atoms with Gasteiger partial charge in [0.15, 0.2) is 0 Å². The highest BCUT2D eigenvalue weighted by Crippen LogP contribution is 2.37. The van der Waals surface area contributed by atoms with E-state index in [1.54, 1.807) is 0 Å². The zero-order chi connectivity index (χ0) is 19.2. The van der Waals surface area contributed by atoms with Crippen molar-refractivity contribution in [2.24, 2.45) is 5.73 Å². The largest absolute Gasteiger partial charge is 0.469 e. The number of phosphoric acid groups is 1. The molecule has 0 saturated heterocycles. The van der Waals surface area contributed by atoms with Gasteiger partial charge < -0.3 is 20.6 Å². The number of aliphatic hydroxyl groups is 1. The Morgan fingerprint density at radius 1 is 1.12 bits per heavy atom. The highest BCUT2D eigenvalue weighted by atomic mass is 31.2. The molecule has 142 valence electrons.